The fraction of sp³-hybridized carbons (Fsp3) is 0.778. The van der Waals surface area contributed by atoms with Gasteiger partial charge in [0, 0.05) is 14.2 Å². The summed E-state index contributed by atoms with van der Waals surface area (Å²) in [5.41, 5.74) is -0.507. The van der Waals surface area contributed by atoms with E-state index in [0.717, 1.165) is 0 Å². The van der Waals surface area contributed by atoms with Gasteiger partial charge in [0.2, 0.25) is 0 Å². The predicted octanol–water partition coefficient (Wildman–Crippen LogP) is 0.973. The Hall–Kier alpha value is -1.10. The number of carbonyl (C=O) groups is 2. The van der Waals surface area contributed by atoms with Gasteiger partial charge >= 0.3 is 6.09 Å². The highest BCUT2D eigenvalue weighted by molar-refractivity contribution is 5.71. The second-order valence-corrected chi connectivity index (χ2v) is 3.46. The first-order chi connectivity index (χ1) is 6.37. The summed E-state index contributed by atoms with van der Waals surface area (Å²) in [4.78, 5) is 20.5. The molecule has 0 spiro atoms. The number of aldehydes is 1. The third kappa shape index (κ3) is 17.1. The van der Waals surface area contributed by atoms with Gasteiger partial charge in [0.25, 0.3) is 0 Å². The van der Waals surface area contributed by atoms with Gasteiger partial charge in [0.05, 0.1) is 6.54 Å². The first-order valence-electron chi connectivity index (χ1n) is 4.18. The van der Waals surface area contributed by atoms with Crippen LogP contribution in [0.2, 0.25) is 0 Å². The van der Waals surface area contributed by atoms with Crippen LogP contribution in [0.4, 0.5) is 4.79 Å². The fourth-order valence-electron chi connectivity index (χ4n) is 0.439. The zero-order valence-electron chi connectivity index (χ0n) is 9.42. The molecule has 0 aromatic heterocycles. The molecule has 5 heteroatoms. The molecule has 0 saturated carbocycles. The van der Waals surface area contributed by atoms with Crippen LogP contribution in [0.3, 0.4) is 0 Å². The molecule has 0 atom stereocenters. The molecule has 0 unspecified atom stereocenters. The molecular weight excluding hydrogens is 186 g/mol. The molecule has 0 heterocycles. The Morgan fingerprint density at radius 2 is 1.79 bits per heavy atom. The van der Waals surface area contributed by atoms with Crippen LogP contribution in [-0.2, 0) is 14.3 Å². The lowest BCUT2D eigenvalue weighted by Gasteiger charge is -2.18. The minimum absolute atomic E-state index is 0.00505. The number of hydrogen-bond donors (Lipinski definition) is 1. The third-order valence-corrected chi connectivity index (χ3v) is 0.729. The first-order valence-corrected chi connectivity index (χ1v) is 4.18. The van der Waals surface area contributed by atoms with E-state index < -0.39 is 11.7 Å². The Kier molecular flexibility index (Phi) is 9.33. The quantitative estimate of drug-likeness (QED) is 0.682. The molecule has 5 nitrogen and oxygen atoms in total. The highest BCUT2D eigenvalue weighted by Gasteiger charge is 2.14. The predicted molar refractivity (Wildman–Crippen MR) is 53.2 cm³/mol. The van der Waals surface area contributed by atoms with E-state index in [2.05, 4.69) is 10.1 Å². The van der Waals surface area contributed by atoms with Gasteiger partial charge in [-0.05, 0) is 20.8 Å². The number of carbonyl (C=O) groups excluding carboxylic acids is 2. The van der Waals surface area contributed by atoms with Gasteiger partial charge in [0.1, 0.15) is 11.9 Å². The number of nitrogens with one attached hydrogen (secondary N) is 1. The summed E-state index contributed by atoms with van der Waals surface area (Å²) in [6, 6.07) is 0. The minimum Gasteiger partial charge on any atom is -0.444 e. The van der Waals surface area contributed by atoms with Gasteiger partial charge in [-0.2, -0.15) is 0 Å². The lowest BCUT2D eigenvalue weighted by Crippen LogP contribution is -2.33. The second kappa shape index (κ2) is 8.50. The van der Waals surface area contributed by atoms with E-state index in [1.165, 1.54) is 0 Å². The van der Waals surface area contributed by atoms with Crippen LogP contribution in [0, 0.1) is 0 Å². The molecule has 0 aromatic carbocycles. The molecular formula is C9H19NO4. The fourth-order valence-corrected chi connectivity index (χ4v) is 0.439. The van der Waals surface area contributed by atoms with Crippen molar-refractivity contribution in [2.24, 2.45) is 0 Å². The van der Waals surface area contributed by atoms with Crippen molar-refractivity contribution in [3.8, 4) is 0 Å². The van der Waals surface area contributed by atoms with E-state index in [0.29, 0.717) is 6.29 Å². The van der Waals surface area contributed by atoms with Crippen molar-refractivity contribution in [1.29, 1.82) is 0 Å². The van der Waals surface area contributed by atoms with Crippen molar-refractivity contribution in [3.63, 3.8) is 0 Å². The zero-order valence-corrected chi connectivity index (χ0v) is 9.42. The molecule has 0 saturated heterocycles. The zero-order chi connectivity index (χ0) is 11.6. The number of ether oxygens (including phenoxy) is 2. The van der Waals surface area contributed by atoms with Crippen LogP contribution in [0.15, 0.2) is 0 Å². The van der Waals surface area contributed by atoms with Crippen LogP contribution < -0.4 is 5.32 Å². The molecule has 0 aliphatic carbocycles. The lowest BCUT2D eigenvalue weighted by atomic mass is 10.2. The molecule has 14 heavy (non-hydrogen) atoms. The van der Waals surface area contributed by atoms with Gasteiger partial charge in [-0.15, -0.1) is 0 Å². The Labute approximate surface area is 84.8 Å². The van der Waals surface area contributed by atoms with E-state index >= 15 is 0 Å². The Balaban J connectivity index is 0. The molecule has 0 rings (SSSR count). The molecule has 0 bridgehead atoms. The topological polar surface area (TPSA) is 64.6 Å². The minimum atomic E-state index is -0.565. The Morgan fingerprint density at radius 1 is 1.36 bits per heavy atom. The maximum atomic E-state index is 10.7. The third-order valence-electron chi connectivity index (χ3n) is 0.729. The van der Waals surface area contributed by atoms with Crippen molar-refractivity contribution in [1.82, 2.24) is 5.32 Å². The monoisotopic (exact) mass is 205 g/mol. The van der Waals surface area contributed by atoms with Gasteiger partial charge in [0.15, 0.2) is 0 Å². The summed E-state index contributed by atoms with van der Waals surface area (Å²) in [5.74, 6) is 0. The molecule has 1 amide bonds. The molecule has 84 valence electrons. The standard InChI is InChI=1S/C7H13NO3.C2H6O/c1-7(2,3)11-6(10)8-4-5-9;1-3-2/h5H,4H2,1-3H3,(H,8,10);1-2H3. The van der Waals surface area contributed by atoms with Crippen molar-refractivity contribution in [2.75, 3.05) is 20.8 Å². The summed E-state index contributed by atoms with van der Waals surface area (Å²) in [6.07, 6.45) is 0.0359. The molecule has 0 fully saturated rings. The smallest absolute Gasteiger partial charge is 0.408 e. The van der Waals surface area contributed by atoms with Gasteiger partial charge in [-0.1, -0.05) is 0 Å². The van der Waals surface area contributed by atoms with Crippen molar-refractivity contribution in [3.05, 3.63) is 0 Å². The highest BCUT2D eigenvalue weighted by atomic mass is 16.6. The summed E-state index contributed by atoms with van der Waals surface area (Å²) in [7, 11) is 3.25. The van der Waals surface area contributed by atoms with Gasteiger partial charge in [-0.25, -0.2) is 4.79 Å². The van der Waals surface area contributed by atoms with Crippen molar-refractivity contribution < 1.29 is 19.1 Å². The number of amides is 1. The van der Waals surface area contributed by atoms with Crippen molar-refractivity contribution >= 4 is 12.4 Å². The van der Waals surface area contributed by atoms with E-state index in [9.17, 15) is 9.59 Å². The van der Waals surface area contributed by atoms with Crippen molar-refractivity contribution in [2.45, 2.75) is 26.4 Å². The normalized spacial score (nSPS) is 9.50. The van der Waals surface area contributed by atoms with E-state index in [1.54, 1.807) is 35.0 Å². The van der Waals surface area contributed by atoms with E-state index in [4.69, 9.17) is 4.74 Å². The molecule has 0 aliphatic rings. The van der Waals surface area contributed by atoms with Crippen LogP contribution in [-0.4, -0.2) is 38.7 Å². The number of alkyl carbamates (subject to hydrolysis) is 1. The molecule has 0 aromatic rings. The number of methoxy groups -OCH3 is 1. The summed E-state index contributed by atoms with van der Waals surface area (Å²) < 4.78 is 9.08. The lowest BCUT2D eigenvalue weighted by molar-refractivity contribution is -0.107. The van der Waals surface area contributed by atoms with Gasteiger partial charge in [-0.3, -0.25) is 0 Å². The van der Waals surface area contributed by atoms with Crippen LogP contribution in [0.5, 0.6) is 0 Å². The maximum Gasteiger partial charge on any atom is 0.408 e. The van der Waals surface area contributed by atoms with E-state index in [1.807, 2.05) is 0 Å². The number of hydrogen-bond acceptors (Lipinski definition) is 4. The SMILES string of the molecule is CC(C)(C)OC(=O)NCC=O.COC. The van der Waals surface area contributed by atoms with Crippen LogP contribution >= 0.6 is 0 Å². The molecule has 1 N–H and O–H groups in total. The van der Waals surface area contributed by atoms with Gasteiger partial charge < -0.3 is 19.6 Å². The van der Waals surface area contributed by atoms with Crippen LogP contribution in [0.25, 0.3) is 0 Å². The van der Waals surface area contributed by atoms with Crippen LogP contribution in [0.1, 0.15) is 20.8 Å². The average molecular weight is 205 g/mol. The molecule has 0 radical (unpaired) electrons. The Morgan fingerprint density at radius 3 is 2.07 bits per heavy atom. The maximum absolute atomic E-state index is 10.7. The van der Waals surface area contributed by atoms with E-state index in [-0.39, 0.29) is 6.54 Å². The average Bonchev–Trinajstić information content (AvgIpc) is 1.99. The summed E-state index contributed by atoms with van der Waals surface area (Å²) >= 11 is 0. The summed E-state index contributed by atoms with van der Waals surface area (Å²) in [6.45, 7) is 5.27. The highest BCUT2D eigenvalue weighted by Crippen LogP contribution is 2.05. The second-order valence-electron chi connectivity index (χ2n) is 3.46. The number of rotatable bonds is 2. The largest absolute Gasteiger partial charge is 0.444 e. The molecule has 0 aliphatic heterocycles. The first kappa shape index (κ1) is 15.4. The Bertz CT molecular complexity index is 163. The summed E-state index contributed by atoms with van der Waals surface area (Å²) in [5, 5.41) is 2.26.